The van der Waals surface area contributed by atoms with Crippen LogP contribution in [0.2, 0.25) is 0 Å². The molecule has 1 aliphatic rings. The average Bonchev–Trinajstić information content (AvgIpc) is 3.08. The largest absolute Gasteiger partial charge is 0.396 e. The van der Waals surface area contributed by atoms with E-state index in [4.69, 9.17) is 0 Å². The molecule has 5 nitrogen and oxygen atoms in total. The molecular formula is C11H18N4O. The Morgan fingerprint density at radius 2 is 2.00 bits per heavy atom. The molecule has 0 saturated heterocycles. The Hall–Kier alpha value is -1.36. The number of aromatic nitrogens is 2. The highest BCUT2D eigenvalue weighted by atomic mass is 16.3. The van der Waals surface area contributed by atoms with Crippen molar-refractivity contribution in [2.75, 3.05) is 30.3 Å². The second kappa shape index (κ2) is 4.65. The lowest BCUT2D eigenvalue weighted by atomic mass is 10.1. The van der Waals surface area contributed by atoms with Gasteiger partial charge in [0.05, 0.1) is 19.0 Å². The first-order valence-corrected chi connectivity index (χ1v) is 5.69. The molecular weight excluding hydrogens is 204 g/mol. The van der Waals surface area contributed by atoms with Crippen LogP contribution in [-0.4, -0.2) is 34.8 Å². The zero-order valence-corrected chi connectivity index (χ0v) is 9.53. The molecule has 0 spiro atoms. The molecule has 1 aromatic rings. The van der Waals surface area contributed by atoms with Crippen molar-refractivity contribution in [1.82, 2.24) is 9.97 Å². The van der Waals surface area contributed by atoms with Crippen molar-refractivity contribution in [3.63, 3.8) is 0 Å². The molecule has 0 aromatic carbocycles. The number of aliphatic hydroxyl groups is 1. The third-order valence-electron chi connectivity index (χ3n) is 2.93. The number of nitrogens with one attached hydrogen (secondary N) is 2. The molecule has 16 heavy (non-hydrogen) atoms. The summed E-state index contributed by atoms with van der Waals surface area (Å²) in [5.41, 5.74) is 0.0931. The Balaban J connectivity index is 1.91. The molecule has 0 atom stereocenters. The molecule has 0 aliphatic heterocycles. The summed E-state index contributed by atoms with van der Waals surface area (Å²) in [6.45, 7) is 3.87. The summed E-state index contributed by atoms with van der Waals surface area (Å²) in [7, 11) is 0. The van der Waals surface area contributed by atoms with E-state index < -0.39 is 0 Å². The summed E-state index contributed by atoms with van der Waals surface area (Å²) in [5, 5.41) is 15.5. The van der Waals surface area contributed by atoms with Gasteiger partial charge in [-0.05, 0) is 19.8 Å². The summed E-state index contributed by atoms with van der Waals surface area (Å²) >= 11 is 0. The van der Waals surface area contributed by atoms with Gasteiger partial charge in [0.25, 0.3) is 0 Å². The topological polar surface area (TPSA) is 70.1 Å². The maximum absolute atomic E-state index is 9.18. The lowest BCUT2D eigenvalue weighted by molar-refractivity contribution is 0.219. The fourth-order valence-electron chi connectivity index (χ4n) is 1.56. The Morgan fingerprint density at radius 3 is 2.56 bits per heavy atom. The van der Waals surface area contributed by atoms with Crippen molar-refractivity contribution >= 4 is 11.6 Å². The quantitative estimate of drug-likeness (QED) is 0.672. The van der Waals surface area contributed by atoms with Gasteiger partial charge in [-0.2, -0.15) is 0 Å². The van der Waals surface area contributed by atoms with E-state index in [0.717, 1.165) is 37.6 Å². The highest BCUT2D eigenvalue weighted by molar-refractivity contribution is 5.41. The van der Waals surface area contributed by atoms with Crippen LogP contribution in [0.1, 0.15) is 19.8 Å². The predicted molar refractivity (Wildman–Crippen MR) is 63.4 cm³/mol. The number of rotatable bonds is 6. The Bertz CT molecular complexity index is 352. The predicted octanol–water partition coefficient (Wildman–Crippen LogP) is 1.09. The van der Waals surface area contributed by atoms with Crippen molar-refractivity contribution in [3.8, 4) is 0 Å². The zero-order valence-electron chi connectivity index (χ0n) is 9.53. The maximum atomic E-state index is 9.18. The number of hydrogen-bond donors (Lipinski definition) is 3. The molecule has 2 rings (SSSR count). The first-order valence-electron chi connectivity index (χ1n) is 5.69. The van der Waals surface area contributed by atoms with Crippen LogP contribution in [0, 0.1) is 5.41 Å². The second-order valence-electron chi connectivity index (χ2n) is 4.33. The number of anilines is 2. The van der Waals surface area contributed by atoms with Crippen LogP contribution >= 0.6 is 0 Å². The molecule has 0 bridgehead atoms. The van der Waals surface area contributed by atoms with Crippen molar-refractivity contribution in [1.29, 1.82) is 0 Å². The van der Waals surface area contributed by atoms with Gasteiger partial charge in [0.2, 0.25) is 0 Å². The standard InChI is InChI=1S/C11H18N4O/c1-2-13-9-5-12-6-10(15-9)14-7-11(8-16)3-4-11/h5-6,16H,2-4,7-8H2,1H3,(H2,13,14,15). The van der Waals surface area contributed by atoms with Crippen molar-refractivity contribution in [2.45, 2.75) is 19.8 Å². The lowest BCUT2D eigenvalue weighted by Crippen LogP contribution is -2.19. The van der Waals surface area contributed by atoms with Gasteiger partial charge in [0, 0.05) is 18.5 Å². The average molecular weight is 222 g/mol. The molecule has 1 aromatic heterocycles. The summed E-state index contributed by atoms with van der Waals surface area (Å²) in [6, 6.07) is 0. The molecule has 1 heterocycles. The third kappa shape index (κ3) is 2.61. The molecule has 0 amide bonds. The van der Waals surface area contributed by atoms with E-state index in [-0.39, 0.29) is 12.0 Å². The fourth-order valence-corrected chi connectivity index (χ4v) is 1.56. The normalized spacial score (nSPS) is 16.9. The van der Waals surface area contributed by atoms with Crippen LogP contribution in [-0.2, 0) is 0 Å². The van der Waals surface area contributed by atoms with Gasteiger partial charge >= 0.3 is 0 Å². The second-order valence-corrected chi connectivity index (χ2v) is 4.33. The van der Waals surface area contributed by atoms with Crippen LogP contribution in [0.3, 0.4) is 0 Å². The van der Waals surface area contributed by atoms with Gasteiger partial charge in [0.15, 0.2) is 0 Å². The van der Waals surface area contributed by atoms with Crippen molar-refractivity contribution < 1.29 is 5.11 Å². The highest BCUT2D eigenvalue weighted by Crippen LogP contribution is 2.44. The lowest BCUT2D eigenvalue weighted by Gasteiger charge is -2.13. The molecule has 3 N–H and O–H groups in total. The van der Waals surface area contributed by atoms with E-state index >= 15 is 0 Å². The number of hydrogen-bond acceptors (Lipinski definition) is 5. The van der Waals surface area contributed by atoms with Gasteiger partial charge in [0.1, 0.15) is 11.6 Å². The third-order valence-corrected chi connectivity index (χ3v) is 2.93. The van der Waals surface area contributed by atoms with E-state index in [9.17, 15) is 5.11 Å². The van der Waals surface area contributed by atoms with Crippen LogP contribution in [0.4, 0.5) is 11.6 Å². The van der Waals surface area contributed by atoms with Crippen LogP contribution in [0.5, 0.6) is 0 Å². The van der Waals surface area contributed by atoms with Crippen molar-refractivity contribution in [2.24, 2.45) is 5.41 Å². The summed E-state index contributed by atoms with van der Waals surface area (Å²) in [5.74, 6) is 1.54. The van der Waals surface area contributed by atoms with Gasteiger partial charge in [-0.3, -0.25) is 4.98 Å². The highest BCUT2D eigenvalue weighted by Gasteiger charge is 2.41. The fraction of sp³-hybridized carbons (Fsp3) is 0.636. The maximum Gasteiger partial charge on any atom is 0.146 e. The number of nitrogens with zero attached hydrogens (tertiary/aromatic N) is 2. The van der Waals surface area contributed by atoms with Crippen LogP contribution in [0.25, 0.3) is 0 Å². The number of aliphatic hydroxyl groups excluding tert-OH is 1. The molecule has 88 valence electrons. The molecule has 0 unspecified atom stereocenters. The molecule has 1 saturated carbocycles. The van der Waals surface area contributed by atoms with Gasteiger partial charge in [-0.15, -0.1) is 0 Å². The van der Waals surface area contributed by atoms with E-state index in [1.165, 1.54) is 0 Å². The summed E-state index contributed by atoms with van der Waals surface area (Å²) in [4.78, 5) is 8.46. The minimum Gasteiger partial charge on any atom is -0.396 e. The van der Waals surface area contributed by atoms with E-state index in [1.54, 1.807) is 12.4 Å². The minimum atomic E-state index is 0.0931. The SMILES string of the molecule is CCNc1cncc(NCC2(CO)CC2)n1. The van der Waals surface area contributed by atoms with Gasteiger partial charge in [-0.1, -0.05) is 0 Å². The Kier molecular flexibility index (Phi) is 3.24. The minimum absolute atomic E-state index is 0.0931. The van der Waals surface area contributed by atoms with Gasteiger partial charge < -0.3 is 15.7 Å². The first-order chi connectivity index (χ1) is 7.78. The zero-order chi connectivity index (χ0) is 11.4. The summed E-state index contributed by atoms with van der Waals surface area (Å²) < 4.78 is 0. The van der Waals surface area contributed by atoms with Crippen molar-refractivity contribution in [3.05, 3.63) is 12.4 Å². The van der Waals surface area contributed by atoms with Crippen LogP contribution < -0.4 is 10.6 Å². The van der Waals surface area contributed by atoms with Gasteiger partial charge in [-0.25, -0.2) is 4.98 Å². The Morgan fingerprint density at radius 1 is 1.31 bits per heavy atom. The Labute approximate surface area is 95.3 Å². The smallest absolute Gasteiger partial charge is 0.146 e. The first kappa shape index (κ1) is 11.1. The molecule has 1 aliphatic carbocycles. The van der Waals surface area contributed by atoms with E-state index in [0.29, 0.717) is 0 Å². The molecule has 5 heteroatoms. The van der Waals surface area contributed by atoms with Crippen LogP contribution in [0.15, 0.2) is 12.4 Å². The van der Waals surface area contributed by atoms with E-state index in [2.05, 4.69) is 20.6 Å². The monoisotopic (exact) mass is 222 g/mol. The summed E-state index contributed by atoms with van der Waals surface area (Å²) in [6.07, 6.45) is 5.59. The van der Waals surface area contributed by atoms with E-state index in [1.807, 2.05) is 6.92 Å². The molecule has 0 radical (unpaired) electrons. The molecule has 1 fully saturated rings.